The van der Waals surface area contributed by atoms with Crippen molar-refractivity contribution in [2.45, 2.75) is 13.8 Å². The standard InChI is InChI=1S/2C17H14F2NO.2C5H5.Ti/c2*1-12-2-5-14(6-3-12)20(11-15-8-9-21-15)17-7-4-13(18)10-16(17)19;2*1-2-4-5-3-1;/h2*2-8H,9,11H2,1H3;2*1-5H;/q4*-1;+4. The summed E-state index contributed by atoms with van der Waals surface area (Å²) in [6.07, 6.45) is 3.87. The van der Waals surface area contributed by atoms with Crippen molar-refractivity contribution in [2.24, 2.45) is 0 Å². The number of aryl methyl sites for hydroxylation is 2. The molecular weight excluding hydrogens is 712 g/mol. The average molecular weight is 751 g/mol. The molecule has 0 aliphatic carbocycles. The molecule has 0 fully saturated rings. The fourth-order valence-electron chi connectivity index (χ4n) is 4.94. The number of benzene rings is 4. The van der Waals surface area contributed by atoms with E-state index in [4.69, 9.17) is 9.47 Å². The molecule has 4 nitrogen and oxygen atoms in total. The van der Waals surface area contributed by atoms with Gasteiger partial charge in [-0.1, -0.05) is 35.4 Å². The summed E-state index contributed by atoms with van der Waals surface area (Å²) in [5, 5.41) is 0. The quantitative estimate of drug-likeness (QED) is 0.0879. The molecule has 6 aromatic carbocycles. The molecule has 0 radical (unpaired) electrons. The summed E-state index contributed by atoms with van der Waals surface area (Å²) in [5.74, 6) is -1.29. The maximum absolute atomic E-state index is 14.0. The maximum atomic E-state index is 14.0. The molecule has 6 aromatic rings. The van der Waals surface area contributed by atoms with Crippen molar-refractivity contribution in [1.29, 1.82) is 0 Å². The molecule has 2 aliphatic rings. The van der Waals surface area contributed by atoms with E-state index < -0.39 is 23.3 Å². The Bertz CT molecular complexity index is 1830. The van der Waals surface area contributed by atoms with Crippen molar-refractivity contribution >= 4 is 22.7 Å². The van der Waals surface area contributed by atoms with E-state index >= 15 is 0 Å². The fourth-order valence-corrected chi connectivity index (χ4v) is 4.94. The summed E-state index contributed by atoms with van der Waals surface area (Å²) in [4.78, 5) is 3.49. The maximum Gasteiger partial charge on any atom is 4.00 e. The van der Waals surface area contributed by atoms with Crippen LogP contribution in [0.3, 0.4) is 0 Å². The number of anilines is 4. The van der Waals surface area contributed by atoms with Gasteiger partial charge in [-0.3, -0.25) is 0 Å². The van der Waals surface area contributed by atoms with Crippen LogP contribution in [0.5, 0.6) is 0 Å². The summed E-state index contributed by atoms with van der Waals surface area (Å²) >= 11 is 0. The van der Waals surface area contributed by atoms with Gasteiger partial charge < -0.3 is 19.3 Å². The first-order valence-electron chi connectivity index (χ1n) is 16.7. The van der Waals surface area contributed by atoms with Crippen molar-refractivity contribution < 1.29 is 48.8 Å². The topological polar surface area (TPSA) is 24.9 Å². The van der Waals surface area contributed by atoms with Gasteiger partial charge in [0, 0.05) is 34.6 Å². The molecule has 268 valence electrons. The van der Waals surface area contributed by atoms with E-state index in [1.54, 1.807) is 9.80 Å². The number of hydrogen-bond donors (Lipinski definition) is 0. The van der Waals surface area contributed by atoms with Gasteiger partial charge in [0.2, 0.25) is 0 Å². The van der Waals surface area contributed by atoms with Crippen molar-refractivity contribution in [3.05, 3.63) is 204 Å². The van der Waals surface area contributed by atoms with Gasteiger partial charge in [0.15, 0.2) is 0 Å². The Morgan fingerprint density at radius 3 is 1.13 bits per heavy atom. The molecule has 0 saturated heterocycles. The normalized spacial score (nSPS) is 12.0. The predicted molar refractivity (Wildman–Crippen MR) is 199 cm³/mol. The third-order valence-corrected chi connectivity index (χ3v) is 7.85. The fraction of sp³-hybridized carbons (Fsp3) is 0.136. The van der Waals surface area contributed by atoms with Crippen LogP contribution in [0.1, 0.15) is 11.1 Å². The van der Waals surface area contributed by atoms with Crippen LogP contribution in [0, 0.1) is 49.2 Å². The molecule has 0 spiro atoms. The zero-order chi connectivity index (χ0) is 36.7. The van der Waals surface area contributed by atoms with Gasteiger partial charge in [-0.25, -0.2) is 41.8 Å². The first-order valence-corrected chi connectivity index (χ1v) is 16.7. The zero-order valence-corrected chi connectivity index (χ0v) is 31.0. The van der Waals surface area contributed by atoms with E-state index in [1.807, 2.05) is 135 Å². The minimum absolute atomic E-state index is 0. The largest absolute Gasteiger partial charge is 4.00 e. The third kappa shape index (κ3) is 12.4. The molecule has 2 aliphatic heterocycles. The SMILES string of the molecule is Cc1ccc(N(CC2=CCO2)c2ccc(F)[c-]c2F)cc1.Cc1ccc(N(CC2=CCO2)c2ccc(F)[c-]c2F)cc1.[Ti+4].c1cc[cH-]c1.c1cc[cH-]c1. The second-order valence-electron chi connectivity index (χ2n) is 11.7. The van der Waals surface area contributed by atoms with E-state index in [1.165, 1.54) is 24.3 Å². The van der Waals surface area contributed by atoms with Gasteiger partial charge in [-0.15, -0.1) is 36.4 Å². The number of nitrogens with zero attached hydrogens (tertiary/aromatic N) is 2. The first kappa shape index (κ1) is 40.5. The number of halogens is 4. The summed E-state index contributed by atoms with van der Waals surface area (Å²) in [6, 6.07) is 44.8. The molecule has 53 heavy (non-hydrogen) atoms. The third-order valence-electron chi connectivity index (χ3n) is 7.85. The Kier molecular flexibility index (Phi) is 15.8. The average Bonchev–Trinajstić information content (AvgIpc) is 3.87. The molecule has 0 N–H and O–H groups in total. The summed E-state index contributed by atoms with van der Waals surface area (Å²) in [7, 11) is 0. The minimum atomic E-state index is -0.713. The molecule has 0 unspecified atom stereocenters. The number of ether oxygens (including phenoxy) is 2. The van der Waals surface area contributed by atoms with E-state index in [2.05, 4.69) is 12.1 Å². The van der Waals surface area contributed by atoms with Gasteiger partial charge in [0.1, 0.15) is 24.7 Å². The second kappa shape index (κ2) is 20.7. The number of hydrogen-bond acceptors (Lipinski definition) is 4. The van der Waals surface area contributed by atoms with E-state index in [0.717, 1.165) is 34.0 Å². The second-order valence-corrected chi connectivity index (χ2v) is 11.7. The first-order chi connectivity index (χ1) is 25.3. The molecule has 0 amide bonds. The molecule has 2 heterocycles. The molecule has 0 atom stereocenters. The minimum Gasteiger partial charge on any atom is -0.492 e. The Balaban J connectivity index is 0.000000184. The van der Waals surface area contributed by atoms with E-state index in [0.29, 0.717) is 26.3 Å². The van der Waals surface area contributed by atoms with Crippen molar-refractivity contribution in [3.8, 4) is 0 Å². The monoisotopic (exact) mass is 750 g/mol. The van der Waals surface area contributed by atoms with Crippen molar-refractivity contribution in [2.75, 3.05) is 36.1 Å². The zero-order valence-electron chi connectivity index (χ0n) is 29.4. The molecule has 8 rings (SSSR count). The molecular formula is C44H38F4N2O2Ti. The van der Waals surface area contributed by atoms with Crippen LogP contribution >= 0.6 is 0 Å². The van der Waals surface area contributed by atoms with Crippen molar-refractivity contribution in [3.63, 3.8) is 0 Å². The predicted octanol–water partition coefficient (Wildman–Crippen LogP) is 11.1. The summed E-state index contributed by atoms with van der Waals surface area (Å²) < 4.78 is 64.8. The van der Waals surface area contributed by atoms with Gasteiger partial charge in [-0.2, -0.15) is 36.4 Å². The molecule has 0 bridgehead atoms. The van der Waals surface area contributed by atoms with Crippen LogP contribution in [0.25, 0.3) is 0 Å². The Hall–Kier alpha value is -5.31. The van der Waals surface area contributed by atoms with Crippen LogP contribution in [-0.4, -0.2) is 26.3 Å². The Morgan fingerprint density at radius 2 is 0.887 bits per heavy atom. The molecule has 0 saturated carbocycles. The van der Waals surface area contributed by atoms with Gasteiger partial charge in [-0.05, 0) is 61.6 Å². The van der Waals surface area contributed by atoms with Crippen LogP contribution in [-0.2, 0) is 31.2 Å². The van der Waals surface area contributed by atoms with Crippen LogP contribution in [0.4, 0.5) is 40.3 Å². The van der Waals surface area contributed by atoms with E-state index in [-0.39, 0.29) is 33.1 Å². The summed E-state index contributed by atoms with van der Waals surface area (Å²) in [5.41, 5.74) is 4.41. The van der Waals surface area contributed by atoms with Crippen LogP contribution in [0.2, 0.25) is 0 Å². The van der Waals surface area contributed by atoms with E-state index in [9.17, 15) is 17.6 Å². The Labute approximate surface area is 323 Å². The smallest absolute Gasteiger partial charge is 0.492 e. The summed E-state index contributed by atoms with van der Waals surface area (Å²) in [6.45, 7) is 5.93. The van der Waals surface area contributed by atoms with Gasteiger partial charge >= 0.3 is 21.7 Å². The van der Waals surface area contributed by atoms with Crippen LogP contribution in [0.15, 0.2) is 157 Å². The van der Waals surface area contributed by atoms with Gasteiger partial charge in [0.05, 0.1) is 13.1 Å². The Morgan fingerprint density at radius 1 is 0.547 bits per heavy atom. The van der Waals surface area contributed by atoms with Gasteiger partial charge in [0.25, 0.3) is 0 Å². The molecule has 9 heteroatoms. The molecule has 0 aromatic heterocycles. The van der Waals surface area contributed by atoms with Crippen LogP contribution < -0.4 is 9.80 Å². The van der Waals surface area contributed by atoms with Crippen molar-refractivity contribution in [1.82, 2.24) is 0 Å². The number of rotatable bonds is 8.